The number of nitrogens with one attached hydrogen (secondary N) is 2. The molecule has 4 heteroatoms. The maximum absolute atomic E-state index is 11.6. The number of aryl methyl sites for hydroxylation is 1. The van der Waals surface area contributed by atoms with Gasteiger partial charge in [0.2, 0.25) is 0 Å². The molecule has 23 heavy (non-hydrogen) atoms. The fourth-order valence-electron chi connectivity index (χ4n) is 3.84. The first-order chi connectivity index (χ1) is 11.0. The molecule has 3 atom stereocenters. The standard InChI is InChI=1S/C19H26N2O2/c1-11-7-8-14-15(18(19(22)23)21-17(14)9-11)10-20-16-6-4-5-12(2)13(16)3/h7-9,12-13,16,20-21H,4-6,10H2,1-3H3,(H,22,23)/t12-,13+,16-/m1/s1. The molecule has 1 heterocycles. The van der Waals surface area contributed by atoms with Crippen LogP contribution in [0.4, 0.5) is 0 Å². The fourth-order valence-corrected chi connectivity index (χ4v) is 3.84. The Hall–Kier alpha value is -1.81. The second-order valence-electron chi connectivity index (χ2n) is 7.09. The van der Waals surface area contributed by atoms with Crippen molar-refractivity contribution in [1.82, 2.24) is 10.3 Å². The first-order valence-corrected chi connectivity index (χ1v) is 8.55. The molecular formula is C19H26N2O2. The zero-order valence-electron chi connectivity index (χ0n) is 14.1. The molecule has 2 aromatic rings. The average Bonchev–Trinajstić information content (AvgIpc) is 2.86. The van der Waals surface area contributed by atoms with Gasteiger partial charge in [0.15, 0.2) is 0 Å². The smallest absolute Gasteiger partial charge is 0.352 e. The van der Waals surface area contributed by atoms with E-state index in [4.69, 9.17) is 0 Å². The predicted octanol–water partition coefficient (Wildman–Crippen LogP) is 4.09. The first-order valence-electron chi connectivity index (χ1n) is 8.55. The van der Waals surface area contributed by atoms with Crippen LogP contribution in [0.5, 0.6) is 0 Å². The molecule has 0 saturated heterocycles. The second-order valence-corrected chi connectivity index (χ2v) is 7.09. The molecule has 0 amide bonds. The molecule has 1 fully saturated rings. The van der Waals surface area contributed by atoms with Gasteiger partial charge in [-0.15, -0.1) is 0 Å². The number of hydrogen-bond acceptors (Lipinski definition) is 2. The van der Waals surface area contributed by atoms with Crippen molar-refractivity contribution in [3.05, 3.63) is 35.0 Å². The molecule has 124 valence electrons. The maximum Gasteiger partial charge on any atom is 0.352 e. The van der Waals surface area contributed by atoms with E-state index in [0.717, 1.165) is 27.9 Å². The number of rotatable bonds is 4. The summed E-state index contributed by atoms with van der Waals surface area (Å²) in [5, 5.41) is 14.1. The van der Waals surface area contributed by atoms with Crippen LogP contribution < -0.4 is 5.32 Å². The van der Waals surface area contributed by atoms with Gasteiger partial charge in [-0.2, -0.15) is 0 Å². The molecule has 0 unspecified atom stereocenters. The fraction of sp³-hybridized carbons (Fsp3) is 0.526. The van der Waals surface area contributed by atoms with Crippen LogP contribution in [0.1, 0.15) is 54.7 Å². The van der Waals surface area contributed by atoms with Crippen LogP contribution >= 0.6 is 0 Å². The van der Waals surface area contributed by atoms with E-state index in [2.05, 4.69) is 24.1 Å². The molecule has 0 bridgehead atoms. The van der Waals surface area contributed by atoms with Crippen molar-refractivity contribution in [1.29, 1.82) is 0 Å². The van der Waals surface area contributed by atoms with E-state index in [9.17, 15) is 9.90 Å². The van der Waals surface area contributed by atoms with Gasteiger partial charge in [-0.3, -0.25) is 0 Å². The van der Waals surface area contributed by atoms with E-state index >= 15 is 0 Å². The molecule has 4 nitrogen and oxygen atoms in total. The van der Waals surface area contributed by atoms with Gasteiger partial charge < -0.3 is 15.4 Å². The summed E-state index contributed by atoms with van der Waals surface area (Å²) in [5.41, 5.74) is 3.22. The monoisotopic (exact) mass is 314 g/mol. The van der Waals surface area contributed by atoms with E-state index in [1.165, 1.54) is 19.3 Å². The van der Waals surface area contributed by atoms with Crippen LogP contribution in [0, 0.1) is 18.8 Å². The lowest BCUT2D eigenvalue weighted by atomic mass is 9.78. The van der Waals surface area contributed by atoms with Gasteiger partial charge in [0, 0.05) is 29.1 Å². The largest absolute Gasteiger partial charge is 0.477 e. The highest BCUT2D eigenvalue weighted by molar-refractivity contribution is 5.97. The topological polar surface area (TPSA) is 65.1 Å². The molecule has 3 rings (SSSR count). The second kappa shape index (κ2) is 6.36. The summed E-state index contributed by atoms with van der Waals surface area (Å²) in [4.78, 5) is 14.7. The van der Waals surface area contributed by atoms with Crippen LogP contribution in [-0.2, 0) is 6.54 Å². The van der Waals surface area contributed by atoms with Gasteiger partial charge >= 0.3 is 5.97 Å². The number of benzene rings is 1. The lowest BCUT2D eigenvalue weighted by Crippen LogP contribution is -2.40. The third kappa shape index (κ3) is 3.13. The molecule has 0 radical (unpaired) electrons. The Bertz CT molecular complexity index is 719. The lowest BCUT2D eigenvalue weighted by molar-refractivity contribution is 0.0690. The number of aromatic nitrogens is 1. The van der Waals surface area contributed by atoms with Crippen molar-refractivity contribution < 1.29 is 9.90 Å². The van der Waals surface area contributed by atoms with Gasteiger partial charge in [-0.1, -0.05) is 38.8 Å². The lowest BCUT2D eigenvalue weighted by Gasteiger charge is -2.34. The Labute approximate surface area is 137 Å². The Morgan fingerprint density at radius 2 is 2.13 bits per heavy atom. The van der Waals surface area contributed by atoms with Crippen molar-refractivity contribution >= 4 is 16.9 Å². The van der Waals surface area contributed by atoms with E-state index in [-0.39, 0.29) is 0 Å². The zero-order chi connectivity index (χ0) is 16.6. The van der Waals surface area contributed by atoms with Crippen LogP contribution in [0.2, 0.25) is 0 Å². The number of H-pyrrole nitrogens is 1. The minimum atomic E-state index is -0.888. The Kier molecular flexibility index (Phi) is 4.44. The van der Waals surface area contributed by atoms with Gasteiger partial charge in [0.05, 0.1) is 0 Å². The number of hydrogen-bond donors (Lipinski definition) is 3. The third-order valence-corrected chi connectivity index (χ3v) is 5.52. The van der Waals surface area contributed by atoms with Crippen molar-refractivity contribution in [3.63, 3.8) is 0 Å². The number of fused-ring (bicyclic) bond motifs is 1. The van der Waals surface area contributed by atoms with Gasteiger partial charge in [-0.25, -0.2) is 4.79 Å². The molecular weight excluding hydrogens is 288 g/mol. The Morgan fingerprint density at radius 1 is 1.35 bits per heavy atom. The van der Waals surface area contributed by atoms with Gasteiger partial charge in [0.25, 0.3) is 0 Å². The molecule has 1 aliphatic carbocycles. The summed E-state index contributed by atoms with van der Waals surface area (Å²) in [6.45, 7) is 7.24. The molecule has 1 aliphatic rings. The van der Waals surface area contributed by atoms with E-state index in [1.807, 2.05) is 25.1 Å². The molecule has 1 aromatic carbocycles. The summed E-state index contributed by atoms with van der Waals surface area (Å²) in [6, 6.07) is 6.54. The quantitative estimate of drug-likeness (QED) is 0.796. The van der Waals surface area contributed by atoms with Gasteiger partial charge in [-0.05, 0) is 36.8 Å². The van der Waals surface area contributed by atoms with Crippen LogP contribution in [0.25, 0.3) is 10.9 Å². The highest BCUT2D eigenvalue weighted by Crippen LogP contribution is 2.30. The van der Waals surface area contributed by atoms with Crippen LogP contribution in [0.3, 0.4) is 0 Å². The number of carbonyl (C=O) groups is 1. The maximum atomic E-state index is 11.6. The normalized spacial score (nSPS) is 24.9. The molecule has 1 saturated carbocycles. The Morgan fingerprint density at radius 3 is 2.87 bits per heavy atom. The summed E-state index contributed by atoms with van der Waals surface area (Å²) < 4.78 is 0. The van der Waals surface area contributed by atoms with Crippen molar-refractivity contribution in [2.75, 3.05) is 0 Å². The van der Waals surface area contributed by atoms with E-state index < -0.39 is 5.97 Å². The molecule has 0 spiro atoms. The third-order valence-electron chi connectivity index (χ3n) is 5.52. The first kappa shape index (κ1) is 16.1. The summed E-state index contributed by atoms with van der Waals surface area (Å²) in [6.07, 6.45) is 3.73. The zero-order valence-corrected chi connectivity index (χ0v) is 14.1. The average molecular weight is 314 g/mol. The minimum absolute atomic E-state index is 0.314. The van der Waals surface area contributed by atoms with E-state index in [1.54, 1.807) is 0 Å². The number of carboxylic acid groups (broad SMARTS) is 1. The molecule has 3 N–H and O–H groups in total. The number of aromatic carboxylic acids is 1. The highest BCUT2D eigenvalue weighted by Gasteiger charge is 2.27. The summed E-state index contributed by atoms with van der Waals surface area (Å²) in [7, 11) is 0. The van der Waals surface area contributed by atoms with Crippen molar-refractivity contribution in [3.8, 4) is 0 Å². The predicted molar refractivity (Wildman–Crippen MR) is 92.8 cm³/mol. The van der Waals surface area contributed by atoms with Crippen LogP contribution in [-0.4, -0.2) is 22.1 Å². The minimum Gasteiger partial charge on any atom is -0.477 e. The summed E-state index contributed by atoms with van der Waals surface area (Å²) >= 11 is 0. The molecule has 0 aliphatic heterocycles. The summed E-state index contributed by atoms with van der Waals surface area (Å²) in [5.74, 6) is 0.469. The Balaban J connectivity index is 1.86. The number of aromatic amines is 1. The van der Waals surface area contributed by atoms with Crippen LogP contribution in [0.15, 0.2) is 18.2 Å². The highest BCUT2D eigenvalue weighted by atomic mass is 16.4. The van der Waals surface area contributed by atoms with Crippen molar-refractivity contribution in [2.45, 2.75) is 52.6 Å². The van der Waals surface area contributed by atoms with E-state index in [0.29, 0.717) is 24.2 Å². The van der Waals surface area contributed by atoms with Gasteiger partial charge in [0.1, 0.15) is 5.69 Å². The molecule has 1 aromatic heterocycles. The SMILES string of the molecule is Cc1ccc2c(CN[C@@H]3CCC[C@@H](C)[C@@H]3C)c(C(=O)O)[nH]c2c1. The number of carboxylic acids is 1. The van der Waals surface area contributed by atoms with Crippen molar-refractivity contribution in [2.24, 2.45) is 11.8 Å².